The van der Waals surface area contributed by atoms with Crippen molar-refractivity contribution in [2.75, 3.05) is 12.4 Å². The highest BCUT2D eigenvalue weighted by Crippen LogP contribution is 2.28. The minimum Gasteiger partial charge on any atom is -0.497 e. The van der Waals surface area contributed by atoms with E-state index in [1.165, 1.54) is 17.8 Å². The molecule has 2 aromatic rings. The van der Waals surface area contributed by atoms with E-state index in [9.17, 15) is 19.3 Å². The summed E-state index contributed by atoms with van der Waals surface area (Å²) in [7, 11) is 1.56. The van der Waals surface area contributed by atoms with E-state index < -0.39 is 21.7 Å². The van der Waals surface area contributed by atoms with Crippen molar-refractivity contribution in [3.8, 4) is 5.75 Å². The molecular weight excluding hydrogens is 335 g/mol. The number of hydrogen-bond acceptors (Lipinski definition) is 5. The highest BCUT2D eigenvalue weighted by molar-refractivity contribution is 8.00. The predicted molar refractivity (Wildman–Crippen MR) is 90.0 cm³/mol. The molecule has 0 saturated carbocycles. The van der Waals surface area contributed by atoms with Crippen molar-refractivity contribution in [1.82, 2.24) is 0 Å². The molecule has 126 valence electrons. The molecule has 0 heterocycles. The molecule has 0 aliphatic carbocycles. The van der Waals surface area contributed by atoms with Gasteiger partial charge in [0.25, 0.3) is 0 Å². The number of thioether (sulfide) groups is 1. The van der Waals surface area contributed by atoms with Crippen molar-refractivity contribution in [2.24, 2.45) is 0 Å². The minimum atomic E-state index is -0.947. The smallest absolute Gasteiger partial charge is 0.306 e. The maximum Gasteiger partial charge on any atom is 0.306 e. The van der Waals surface area contributed by atoms with Gasteiger partial charge in [-0.1, -0.05) is 6.07 Å². The molecule has 1 atom stereocenters. The Morgan fingerprint density at radius 1 is 1.33 bits per heavy atom. The highest BCUT2D eigenvalue weighted by atomic mass is 32.2. The second-order valence-corrected chi connectivity index (χ2v) is 6.27. The molecular formula is C16H15FN2O4S. The van der Waals surface area contributed by atoms with Gasteiger partial charge in [0.15, 0.2) is 0 Å². The van der Waals surface area contributed by atoms with E-state index in [4.69, 9.17) is 4.74 Å². The third-order valence-electron chi connectivity index (χ3n) is 3.13. The number of rotatable bonds is 6. The van der Waals surface area contributed by atoms with Gasteiger partial charge >= 0.3 is 5.69 Å². The molecule has 8 heteroatoms. The first-order valence-electron chi connectivity index (χ1n) is 6.96. The van der Waals surface area contributed by atoms with Crippen molar-refractivity contribution < 1.29 is 18.8 Å². The van der Waals surface area contributed by atoms with Crippen LogP contribution in [0.4, 0.5) is 15.8 Å². The Morgan fingerprint density at radius 3 is 2.75 bits per heavy atom. The average Bonchev–Trinajstić information content (AvgIpc) is 2.56. The van der Waals surface area contributed by atoms with Gasteiger partial charge < -0.3 is 10.1 Å². The third kappa shape index (κ3) is 4.45. The van der Waals surface area contributed by atoms with Crippen LogP contribution in [0.2, 0.25) is 0 Å². The monoisotopic (exact) mass is 350 g/mol. The van der Waals surface area contributed by atoms with Gasteiger partial charge in [-0.15, -0.1) is 11.8 Å². The van der Waals surface area contributed by atoms with E-state index in [0.717, 1.165) is 17.0 Å². The lowest BCUT2D eigenvalue weighted by molar-refractivity contribution is -0.387. The van der Waals surface area contributed by atoms with E-state index in [1.54, 1.807) is 26.2 Å². The molecule has 0 bridgehead atoms. The SMILES string of the molecule is COc1cccc(SC(C)C(=O)Nc2ccc(F)c([N+](=O)[O-])c2)c1. The number of benzene rings is 2. The first kappa shape index (κ1) is 17.7. The maximum atomic E-state index is 13.3. The summed E-state index contributed by atoms with van der Waals surface area (Å²) in [6.07, 6.45) is 0. The fourth-order valence-electron chi connectivity index (χ4n) is 1.91. The molecule has 0 aliphatic heterocycles. The summed E-state index contributed by atoms with van der Waals surface area (Å²) in [5.41, 5.74) is -0.507. The van der Waals surface area contributed by atoms with Crippen LogP contribution >= 0.6 is 11.8 Å². The van der Waals surface area contributed by atoms with Crippen molar-refractivity contribution in [2.45, 2.75) is 17.1 Å². The first-order chi connectivity index (χ1) is 11.4. The van der Waals surface area contributed by atoms with Crippen LogP contribution in [-0.2, 0) is 4.79 Å². The number of halogens is 1. The standard InChI is InChI=1S/C16H15FN2O4S/c1-10(24-13-5-3-4-12(9-13)23-2)16(20)18-11-6-7-14(17)15(8-11)19(21)22/h3-10H,1-2H3,(H,18,20). The lowest BCUT2D eigenvalue weighted by atomic mass is 10.2. The van der Waals surface area contributed by atoms with Crippen LogP contribution in [0.3, 0.4) is 0 Å². The van der Waals surface area contributed by atoms with Gasteiger partial charge in [-0.05, 0) is 37.3 Å². The number of amides is 1. The molecule has 0 radical (unpaired) electrons. The van der Waals surface area contributed by atoms with Gasteiger partial charge in [0.05, 0.1) is 17.3 Å². The van der Waals surface area contributed by atoms with Gasteiger partial charge in [-0.3, -0.25) is 14.9 Å². The molecule has 6 nitrogen and oxygen atoms in total. The Bertz CT molecular complexity index is 769. The zero-order valence-electron chi connectivity index (χ0n) is 13.0. The van der Waals surface area contributed by atoms with Crippen molar-refractivity contribution in [3.63, 3.8) is 0 Å². The number of carbonyl (C=O) groups excluding carboxylic acids is 1. The molecule has 1 amide bonds. The Morgan fingerprint density at radius 2 is 2.08 bits per heavy atom. The minimum absolute atomic E-state index is 0.172. The Balaban J connectivity index is 2.06. The van der Waals surface area contributed by atoms with E-state index in [0.29, 0.717) is 5.75 Å². The Hall–Kier alpha value is -2.61. The lowest BCUT2D eigenvalue weighted by Gasteiger charge is -2.12. The van der Waals surface area contributed by atoms with Crippen LogP contribution in [0.1, 0.15) is 6.92 Å². The molecule has 0 spiro atoms. The van der Waals surface area contributed by atoms with Crippen molar-refractivity contribution in [3.05, 3.63) is 58.4 Å². The lowest BCUT2D eigenvalue weighted by Crippen LogP contribution is -2.22. The normalized spacial score (nSPS) is 11.6. The third-order valence-corrected chi connectivity index (χ3v) is 4.23. The number of carbonyl (C=O) groups is 1. The Labute approximate surface area is 142 Å². The second-order valence-electron chi connectivity index (χ2n) is 4.85. The van der Waals surface area contributed by atoms with Gasteiger partial charge in [-0.2, -0.15) is 4.39 Å². The summed E-state index contributed by atoms with van der Waals surface area (Å²) in [6.45, 7) is 1.71. The molecule has 24 heavy (non-hydrogen) atoms. The zero-order valence-corrected chi connectivity index (χ0v) is 13.8. The molecule has 0 aromatic heterocycles. The first-order valence-corrected chi connectivity index (χ1v) is 7.84. The summed E-state index contributed by atoms with van der Waals surface area (Å²) in [5, 5.41) is 12.8. The quantitative estimate of drug-likeness (QED) is 0.486. The molecule has 1 N–H and O–H groups in total. The highest BCUT2D eigenvalue weighted by Gasteiger charge is 2.18. The largest absolute Gasteiger partial charge is 0.497 e. The van der Waals surface area contributed by atoms with Crippen LogP contribution in [0, 0.1) is 15.9 Å². The van der Waals surface area contributed by atoms with Crippen LogP contribution in [0.25, 0.3) is 0 Å². The number of nitrogens with zero attached hydrogens (tertiary/aromatic N) is 1. The number of hydrogen-bond donors (Lipinski definition) is 1. The molecule has 0 saturated heterocycles. The van der Waals surface area contributed by atoms with Crippen molar-refractivity contribution >= 4 is 29.0 Å². The maximum absolute atomic E-state index is 13.3. The number of methoxy groups -OCH3 is 1. The molecule has 1 unspecified atom stereocenters. The predicted octanol–water partition coefficient (Wildman–Crippen LogP) is 3.86. The number of nitro groups is 1. The molecule has 0 aliphatic rings. The summed E-state index contributed by atoms with van der Waals surface area (Å²) >= 11 is 1.31. The number of nitro benzene ring substituents is 1. The van der Waals surface area contributed by atoms with E-state index in [-0.39, 0.29) is 11.6 Å². The number of ether oxygens (including phenoxy) is 1. The van der Waals surface area contributed by atoms with E-state index in [1.807, 2.05) is 12.1 Å². The topological polar surface area (TPSA) is 81.5 Å². The van der Waals surface area contributed by atoms with Crippen LogP contribution in [-0.4, -0.2) is 23.2 Å². The van der Waals surface area contributed by atoms with Crippen LogP contribution < -0.4 is 10.1 Å². The zero-order chi connectivity index (χ0) is 17.7. The number of nitrogens with one attached hydrogen (secondary N) is 1. The van der Waals surface area contributed by atoms with Crippen LogP contribution in [0.15, 0.2) is 47.4 Å². The molecule has 2 rings (SSSR count). The Kier molecular flexibility index (Phi) is 5.75. The average molecular weight is 350 g/mol. The molecule has 0 fully saturated rings. The summed E-state index contributed by atoms with van der Waals surface area (Å²) in [4.78, 5) is 23.0. The summed E-state index contributed by atoms with van der Waals surface area (Å²) in [6, 6.07) is 10.5. The van der Waals surface area contributed by atoms with E-state index >= 15 is 0 Å². The van der Waals surface area contributed by atoms with Gasteiger partial charge in [0.1, 0.15) is 5.75 Å². The van der Waals surface area contributed by atoms with Crippen molar-refractivity contribution in [1.29, 1.82) is 0 Å². The van der Waals surface area contributed by atoms with Gasteiger partial charge in [0.2, 0.25) is 11.7 Å². The second kappa shape index (κ2) is 7.78. The fourth-order valence-corrected chi connectivity index (χ4v) is 2.82. The van der Waals surface area contributed by atoms with E-state index in [2.05, 4.69) is 5.32 Å². The number of anilines is 1. The van der Waals surface area contributed by atoms with Gasteiger partial charge in [-0.25, -0.2) is 0 Å². The van der Waals surface area contributed by atoms with Crippen LogP contribution in [0.5, 0.6) is 5.75 Å². The molecule has 2 aromatic carbocycles. The summed E-state index contributed by atoms with van der Waals surface area (Å²) < 4.78 is 18.4. The van der Waals surface area contributed by atoms with Gasteiger partial charge in [0, 0.05) is 16.6 Å². The fraction of sp³-hybridized carbons (Fsp3) is 0.188. The summed E-state index contributed by atoms with van der Waals surface area (Å²) in [5.74, 6) is -0.609.